The molecule has 148 valence electrons. The average Bonchev–Trinajstić information content (AvgIpc) is 3.16. The topological polar surface area (TPSA) is 62.7 Å². The van der Waals surface area contributed by atoms with Crippen LogP contribution in [0.3, 0.4) is 0 Å². The molecule has 0 radical (unpaired) electrons. The van der Waals surface area contributed by atoms with E-state index in [2.05, 4.69) is 17.1 Å². The Hall–Kier alpha value is -2.92. The number of rotatable bonds is 3. The molecule has 1 saturated carbocycles. The molecule has 0 bridgehead atoms. The van der Waals surface area contributed by atoms with Gasteiger partial charge < -0.3 is 9.84 Å². The maximum atomic E-state index is 13.4. The van der Waals surface area contributed by atoms with Crippen LogP contribution in [0.4, 0.5) is 0 Å². The third-order valence-electron chi connectivity index (χ3n) is 6.13. The van der Waals surface area contributed by atoms with E-state index in [1.54, 1.807) is 4.90 Å². The molecule has 5 nitrogen and oxygen atoms in total. The second kappa shape index (κ2) is 7.16. The van der Waals surface area contributed by atoms with E-state index in [1.165, 1.54) is 0 Å². The summed E-state index contributed by atoms with van der Waals surface area (Å²) in [7, 11) is 0. The maximum Gasteiger partial charge on any atom is 0.260 e. The molecule has 0 spiro atoms. The molecular formula is C24H24N2O3. The number of carbonyl (C=O) groups is 1. The van der Waals surface area contributed by atoms with Gasteiger partial charge in [0.2, 0.25) is 0 Å². The smallest absolute Gasteiger partial charge is 0.260 e. The Morgan fingerprint density at radius 2 is 2.00 bits per heavy atom. The summed E-state index contributed by atoms with van der Waals surface area (Å²) >= 11 is 0. The maximum absolute atomic E-state index is 13.4. The summed E-state index contributed by atoms with van der Waals surface area (Å²) in [5, 5.41) is 12.3. The monoisotopic (exact) mass is 388 g/mol. The molecule has 1 aliphatic carbocycles. The first-order chi connectivity index (χ1) is 14.1. The zero-order valence-corrected chi connectivity index (χ0v) is 16.5. The number of hydrogen-bond acceptors (Lipinski definition) is 4. The van der Waals surface area contributed by atoms with Gasteiger partial charge in [0.05, 0.1) is 17.7 Å². The van der Waals surface area contributed by atoms with Gasteiger partial charge in [-0.2, -0.15) is 0 Å². The summed E-state index contributed by atoms with van der Waals surface area (Å²) in [5.74, 6) is 0.603. The number of fused-ring (bicyclic) bond motifs is 3. The molecule has 1 fully saturated rings. The van der Waals surface area contributed by atoms with E-state index in [0.717, 1.165) is 46.9 Å². The number of pyridine rings is 1. The highest BCUT2D eigenvalue weighted by atomic mass is 16.5. The van der Waals surface area contributed by atoms with Gasteiger partial charge in [-0.1, -0.05) is 30.3 Å². The fourth-order valence-corrected chi connectivity index (χ4v) is 4.59. The molecule has 0 unspecified atom stereocenters. The number of nitrogens with zero attached hydrogens (tertiary/aromatic N) is 2. The molecule has 2 heterocycles. The highest BCUT2D eigenvalue weighted by molar-refractivity contribution is 6.06. The zero-order valence-electron chi connectivity index (χ0n) is 16.5. The van der Waals surface area contributed by atoms with E-state index < -0.39 is 6.10 Å². The van der Waals surface area contributed by atoms with E-state index in [-0.39, 0.29) is 18.7 Å². The number of benzene rings is 2. The summed E-state index contributed by atoms with van der Waals surface area (Å²) in [4.78, 5) is 19.5. The van der Waals surface area contributed by atoms with Gasteiger partial charge >= 0.3 is 0 Å². The van der Waals surface area contributed by atoms with Crippen molar-refractivity contribution in [3.05, 3.63) is 71.0 Å². The predicted octanol–water partition coefficient (Wildman–Crippen LogP) is 3.84. The second-order valence-electron chi connectivity index (χ2n) is 8.06. The Morgan fingerprint density at radius 1 is 1.17 bits per heavy atom. The minimum atomic E-state index is -0.470. The van der Waals surface area contributed by atoms with E-state index in [4.69, 9.17) is 4.74 Å². The van der Waals surface area contributed by atoms with Gasteiger partial charge in [0.1, 0.15) is 5.75 Å². The molecule has 2 aromatic carbocycles. The fourth-order valence-electron chi connectivity index (χ4n) is 4.59. The lowest BCUT2D eigenvalue weighted by Gasteiger charge is -2.35. The van der Waals surface area contributed by atoms with Gasteiger partial charge in [-0.3, -0.25) is 14.7 Å². The van der Waals surface area contributed by atoms with Crippen molar-refractivity contribution in [1.82, 2.24) is 9.88 Å². The lowest BCUT2D eigenvalue weighted by Crippen LogP contribution is -2.48. The van der Waals surface area contributed by atoms with E-state index in [1.807, 2.05) is 43.5 Å². The molecule has 5 rings (SSSR count). The number of carbonyl (C=O) groups excluding carboxylic acids is 1. The molecular weight excluding hydrogens is 364 g/mol. The highest BCUT2D eigenvalue weighted by Gasteiger charge is 2.38. The Labute approximate surface area is 169 Å². The molecule has 29 heavy (non-hydrogen) atoms. The number of aliphatic hydroxyl groups is 1. The number of aryl methyl sites for hydroxylation is 1. The van der Waals surface area contributed by atoms with Crippen molar-refractivity contribution >= 4 is 16.7 Å². The number of aliphatic hydroxyl groups excluding tert-OH is 1. The third-order valence-corrected chi connectivity index (χ3v) is 6.13. The Kier molecular flexibility index (Phi) is 4.47. The van der Waals surface area contributed by atoms with Gasteiger partial charge in [-0.15, -0.1) is 0 Å². The third kappa shape index (κ3) is 3.15. The van der Waals surface area contributed by atoms with E-state index in [0.29, 0.717) is 17.7 Å². The van der Waals surface area contributed by atoms with Crippen LogP contribution in [-0.2, 0) is 6.42 Å². The second-order valence-corrected chi connectivity index (χ2v) is 8.06. The zero-order chi connectivity index (χ0) is 20.0. The number of amides is 1. The van der Waals surface area contributed by atoms with Crippen LogP contribution in [0, 0.1) is 6.92 Å². The van der Waals surface area contributed by atoms with Gasteiger partial charge in [0, 0.05) is 17.3 Å². The minimum Gasteiger partial charge on any atom is -0.472 e. The molecule has 2 aliphatic rings. The molecule has 1 aromatic heterocycles. The van der Waals surface area contributed by atoms with Crippen molar-refractivity contribution in [1.29, 1.82) is 0 Å². The summed E-state index contributed by atoms with van der Waals surface area (Å²) in [6, 6.07) is 14.0. The van der Waals surface area contributed by atoms with Crippen molar-refractivity contribution in [2.24, 2.45) is 0 Å². The molecule has 0 saturated heterocycles. The Morgan fingerprint density at radius 3 is 2.72 bits per heavy atom. The van der Waals surface area contributed by atoms with Crippen molar-refractivity contribution in [2.45, 2.75) is 44.8 Å². The first-order valence-electron chi connectivity index (χ1n) is 10.2. The fraction of sp³-hybridized carbons (Fsp3) is 0.333. The Bertz CT molecular complexity index is 1080. The summed E-state index contributed by atoms with van der Waals surface area (Å²) in [6.45, 7) is 2.17. The van der Waals surface area contributed by atoms with Crippen LogP contribution >= 0.6 is 0 Å². The van der Waals surface area contributed by atoms with Crippen LogP contribution in [0.25, 0.3) is 10.8 Å². The van der Waals surface area contributed by atoms with Crippen LogP contribution in [0.5, 0.6) is 5.75 Å². The quantitative estimate of drug-likeness (QED) is 0.741. The van der Waals surface area contributed by atoms with E-state index >= 15 is 0 Å². The molecule has 1 amide bonds. The van der Waals surface area contributed by atoms with Crippen molar-refractivity contribution < 1.29 is 14.6 Å². The van der Waals surface area contributed by atoms with Gasteiger partial charge in [0.15, 0.2) is 6.73 Å². The van der Waals surface area contributed by atoms with Crippen molar-refractivity contribution in [2.75, 3.05) is 6.73 Å². The largest absolute Gasteiger partial charge is 0.472 e. The number of aromatic nitrogens is 1. The summed E-state index contributed by atoms with van der Waals surface area (Å²) < 4.78 is 6.08. The standard InChI is InChI=1S/C24H24N2O3/c1-15-9-10-16(13-25-15)11-17-12-20-23(19-6-3-2-5-18(17)19)29-14-26(24(20)28)21-7-4-8-22(21)27/h2-3,5-6,9-10,12-13,21-22,27H,4,7-8,11,14H2,1H3/t21-,22-/m0/s1. The van der Waals surface area contributed by atoms with Crippen molar-refractivity contribution in [3.63, 3.8) is 0 Å². The Balaban J connectivity index is 1.59. The van der Waals surface area contributed by atoms with Crippen LogP contribution in [0.1, 0.15) is 46.4 Å². The van der Waals surface area contributed by atoms with Crippen LogP contribution in [-0.4, -0.2) is 39.8 Å². The lowest BCUT2D eigenvalue weighted by atomic mass is 9.94. The van der Waals surface area contributed by atoms with Gasteiger partial charge in [-0.25, -0.2) is 0 Å². The van der Waals surface area contributed by atoms with Crippen LogP contribution in [0.2, 0.25) is 0 Å². The van der Waals surface area contributed by atoms with Crippen LogP contribution < -0.4 is 4.74 Å². The van der Waals surface area contributed by atoms with Gasteiger partial charge in [-0.05, 0) is 61.3 Å². The minimum absolute atomic E-state index is 0.0498. The first-order valence-corrected chi connectivity index (χ1v) is 10.2. The molecule has 1 N–H and O–H groups in total. The molecule has 1 aliphatic heterocycles. The van der Waals surface area contributed by atoms with Crippen molar-refractivity contribution in [3.8, 4) is 5.75 Å². The lowest BCUT2D eigenvalue weighted by molar-refractivity contribution is 0.0132. The SMILES string of the molecule is Cc1ccc(Cc2cc3c(c4ccccc24)OCN([C@H]2CCC[C@@H]2O)C3=O)cn1. The highest BCUT2D eigenvalue weighted by Crippen LogP contribution is 2.38. The summed E-state index contributed by atoms with van der Waals surface area (Å²) in [6.07, 6.45) is 4.61. The normalized spacial score (nSPS) is 21.3. The van der Waals surface area contributed by atoms with Crippen LogP contribution in [0.15, 0.2) is 48.7 Å². The molecule has 2 atom stereocenters. The van der Waals surface area contributed by atoms with E-state index in [9.17, 15) is 9.90 Å². The molecule has 5 heteroatoms. The summed E-state index contributed by atoms with van der Waals surface area (Å²) in [5.41, 5.74) is 3.76. The predicted molar refractivity (Wildman–Crippen MR) is 111 cm³/mol. The number of hydrogen-bond donors (Lipinski definition) is 1. The average molecular weight is 388 g/mol. The first kappa shape index (κ1) is 18.1. The number of ether oxygens (including phenoxy) is 1. The van der Waals surface area contributed by atoms with Gasteiger partial charge in [0.25, 0.3) is 5.91 Å². The molecule has 3 aromatic rings.